The van der Waals surface area contributed by atoms with E-state index < -0.39 is 12.1 Å². The van der Waals surface area contributed by atoms with Crippen LogP contribution in [-0.4, -0.2) is 77.4 Å². The highest BCUT2D eigenvalue weighted by Crippen LogP contribution is 2.50. The van der Waals surface area contributed by atoms with Gasteiger partial charge in [0.25, 0.3) is 0 Å². The third kappa shape index (κ3) is 6.54. The van der Waals surface area contributed by atoms with E-state index in [4.69, 9.17) is 18.9 Å². The summed E-state index contributed by atoms with van der Waals surface area (Å²) >= 11 is 0. The summed E-state index contributed by atoms with van der Waals surface area (Å²) in [4.78, 5) is 43.5. The summed E-state index contributed by atoms with van der Waals surface area (Å²) in [5.41, 5.74) is 4.17. The van der Waals surface area contributed by atoms with E-state index in [0.29, 0.717) is 61.8 Å². The highest BCUT2D eigenvalue weighted by molar-refractivity contribution is 5.86. The molecular weight excluding hydrogens is 588 g/mol. The molecule has 0 radical (unpaired) electrons. The zero-order chi connectivity index (χ0) is 33.0. The molecule has 1 aliphatic carbocycles. The lowest BCUT2D eigenvalue weighted by Crippen LogP contribution is -2.52. The Kier molecular flexibility index (Phi) is 9.89. The fourth-order valence-corrected chi connectivity index (χ4v) is 6.37. The average Bonchev–Trinajstić information content (AvgIpc) is 3.31. The van der Waals surface area contributed by atoms with Crippen molar-refractivity contribution in [3.63, 3.8) is 0 Å². The van der Waals surface area contributed by atoms with E-state index in [-0.39, 0.29) is 22.9 Å². The van der Waals surface area contributed by atoms with Crippen LogP contribution in [0.15, 0.2) is 53.3 Å². The van der Waals surface area contributed by atoms with Crippen LogP contribution in [0.4, 0.5) is 11.4 Å². The Labute approximate surface area is 269 Å². The van der Waals surface area contributed by atoms with Crippen LogP contribution >= 0.6 is 0 Å². The molecule has 46 heavy (non-hydrogen) atoms. The van der Waals surface area contributed by atoms with Crippen molar-refractivity contribution in [3.05, 3.63) is 69.9 Å². The molecule has 0 unspecified atom stereocenters. The Morgan fingerprint density at radius 3 is 2.17 bits per heavy atom. The first-order valence-corrected chi connectivity index (χ1v) is 15.4. The van der Waals surface area contributed by atoms with Crippen molar-refractivity contribution in [1.29, 1.82) is 0 Å². The van der Waals surface area contributed by atoms with Crippen molar-refractivity contribution in [2.24, 2.45) is 0 Å². The zero-order valence-corrected chi connectivity index (χ0v) is 27.3. The van der Waals surface area contributed by atoms with Gasteiger partial charge in [-0.3, -0.25) is 14.4 Å². The van der Waals surface area contributed by atoms with E-state index in [2.05, 4.69) is 15.5 Å². The van der Waals surface area contributed by atoms with Crippen LogP contribution in [0.25, 0.3) is 11.1 Å². The first-order valence-electron chi connectivity index (χ1n) is 15.4. The number of rotatable bonds is 9. The first kappa shape index (κ1) is 32.5. The molecule has 2 aliphatic rings. The van der Waals surface area contributed by atoms with E-state index in [0.717, 1.165) is 28.1 Å². The van der Waals surface area contributed by atoms with Gasteiger partial charge in [-0.25, -0.2) is 0 Å². The van der Waals surface area contributed by atoms with E-state index >= 15 is 0 Å². The molecule has 3 aromatic carbocycles. The molecule has 0 aromatic heterocycles. The monoisotopic (exact) mass is 630 g/mol. The van der Waals surface area contributed by atoms with Gasteiger partial charge in [-0.2, -0.15) is 0 Å². The number of methoxy groups -OCH3 is 4. The summed E-state index contributed by atoms with van der Waals surface area (Å²) in [6.07, 6.45) is 1.16. The lowest BCUT2D eigenvalue weighted by Gasteiger charge is -2.37. The minimum atomic E-state index is -0.639. The van der Waals surface area contributed by atoms with Gasteiger partial charge in [-0.15, -0.1) is 0 Å². The van der Waals surface area contributed by atoms with Gasteiger partial charge in [-0.1, -0.05) is 6.07 Å². The second kappa shape index (κ2) is 14.0. The van der Waals surface area contributed by atoms with E-state index in [1.165, 1.54) is 6.92 Å². The van der Waals surface area contributed by atoms with Crippen LogP contribution in [0.2, 0.25) is 0 Å². The molecule has 0 bridgehead atoms. The van der Waals surface area contributed by atoms with Crippen molar-refractivity contribution >= 4 is 23.2 Å². The number of aryl methyl sites for hydroxylation is 1. The van der Waals surface area contributed by atoms with Crippen LogP contribution in [0, 0.1) is 0 Å². The number of anilines is 2. The molecule has 1 heterocycles. The summed E-state index contributed by atoms with van der Waals surface area (Å²) in [5.74, 6) is 1.96. The summed E-state index contributed by atoms with van der Waals surface area (Å²) in [5, 5.41) is 6.19. The largest absolute Gasteiger partial charge is 0.497 e. The molecule has 11 heteroatoms. The highest BCUT2D eigenvalue weighted by atomic mass is 16.5. The number of fused-ring (bicyclic) bond motifs is 3. The normalized spacial score (nSPS) is 16.3. The lowest BCUT2D eigenvalue weighted by molar-refractivity contribution is -0.132. The second-order valence-electron chi connectivity index (χ2n) is 11.5. The van der Waals surface area contributed by atoms with Gasteiger partial charge in [0.05, 0.1) is 40.2 Å². The van der Waals surface area contributed by atoms with Gasteiger partial charge in [-0.05, 0) is 78.9 Å². The molecule has 5 rings (SSSR count). The fourth-order valence-electron chi connectivity index (χ4n) is 6.37. The highest BCUT2D eigenvalue weighted by Gasteiger charge is 2.30. The Bertz CT molecular complexity index is 1650. The van der Waals surface area contributed by atoms with Crippen LogP contribution < -0.4 is 39.9 Å². The van der Waals surface area contributed by atoms with E-state index in [1.54, 1.807) is 47.5 Å². The van der Waals surface area contributed by atoms with E-state index in [1.807, 2.05) is 41.3 Å². The van der Waals surface area contributed by atoms with Crippen LogP contribution in [-0.2, 0) is 16.0 Å². The SMILES string of the molecule is COc1ccc(N2CCN(C(=O)[C@@H](C)Nc3ccc4c(cc3=O)[C@H](NC(C)=O)CCc3cc(OC)c(OC)c(OC)c3-4)CC2)cc1. The van der Waals surface area contributed by atoms with Gasteiger partial charge in [0.2, 0.25) is 23.0 Å². The third-order valence-corrected chi connectivity index (χ3v) is 8.69. The van der Waals surface area contributed by atoms with Gasteiger partial charge in [0, 0.05) is 44.4 Å². The number of nitrogens with zero attached hydrogens (tertiary/aromatic N) is 2. The number of carbonyl (C=O) groups excluding carboxylic acids is 2. The predicted octanol–water partition coefficient (Wildman–Crippen LogP) is 4.02. The second-order valence-corrected chi connectivity index (χ2v) is 11.5. The number of carbonyl (C=O) groups is 2. The van der Waals surface area contributed by atoms with Gasteiger partial charge < -0.3 is 39.4 Å². The van der Waals surface area contributed by atoms with Crippen molar-refractivity contribution in [3.8, 4) is 34.1 Å². The van der Waals surface area contributed by atoms with Gasteiger partial charge in [0.15, 0.2) is 11.5 Å². The molecule has 0 saturated carbocycles. The van der Waals surface area contributed by atoms with Crippen molar-refractivity contribution < 1.29 is 28.5 Å². The zero-order valence-electron chi connectivity index (χ0n) is 27.3. The number of nitrogens with one attached hydrogen (secondary N) is 2. The molecule has 244 valence electrons. The maximum absolute atomic E-state index is 13.7. The number of hydrogen-bond donors (Lipinski definition) is 2. The topological polar surface area (TPSA) is 119 Å². The molecule has 1 aliphatic heterocycles. The summed E-state index contributed by atoms with van der Waals surface area (Å²) in [6.45, 7) is 5.76. The van der Waals surface area contributed by atoms with Crippen molar-refractivity contribution in [2.75, 3.05) is 64.8 Å². The Hall–Kier alpha value is -4.93. The van der Waals surface area contributed by atoms with Gasteiger partial charge in [0.1, 0.15) is 11.8 Å². The first-order chi connectivity index (χ1) is 22.2. The minimum absolute atomic E-state index is 0.0816. The summed E-state index contributed by atoms with van der Waals surface area (Å²) < 4.78 is 22.4. The van der Waals surface area contributed by atoms with Gasteiger partial charge >= 0.3 is 0 Å². The van der Waals surface area contributed by atoms with Crippen LogP contribution in [0.5, 0.6) is 23.0 Å². The third-order valence-electron chi connectivity index (χ3n) is 8.69. The average molecular weight is 631 g/mol. The van der Waals surface area contributed by atoms with Crippen LogP contribution in [0.1, 0.15) is 37.4 Å². The van der Waals surface area contributed by atoms with Crippen molar-refractivity contribution in [1.82, 2.24) is 10.2 Å². The standard InChI is InChI=1S/C35H42N4O7/c1-21(35(42)39-17-15-38(16-18-39)24-8-10-25(43-3)11-9-24)36-29-14-12-26-27(20-30(29)41)28(37-22(2)40)13-7-23-19-31(44-4)33(45-5)34(46-6)32(23)26/h8-12,14,19-21,28H,7,13,15-18H2,1-6H3,(H,36,41)(H,37,40)/t21-,28-/m1/s1. The molecule has 0 spiro atoms. The fraction of sp³-hybridized carbons (Fsp3) is 0.400. The minimum Gasteiger partial charge on any atom is -0.497 e. The smallest absolute Gasteiger partial charge is 0.244 e. The lowest BCUT2D eigenvalue weighted by atomic mass is 9.95. The van der Waals surface area contributed by atoms with E-state index in [9.17, 15) is 14.4 Å². The Balaban J connectivity index is 1.43. The number of benzene rings is 2. The summed E-state index contributed by atoms with van der Waals surface area (Å²) in [7, 11) is 6.32. The molecule has 1 saturated heterocycles. The number of piperazine rings is 1. The predicted molar refractivity (Wildman–Crippen MR) is 178 cm³/mol. The quantitative estimate of drug-likeness (QED) is 0.362. The number of hydrogen-bond acceptors (Lipinski definition) is 9. The van der Waals surface area contributed by atoms with Crippen molar-refractivity contribution in [2.45, 2.75) is 38.8 Å². The Morgan fingerprint density at radius 2 is 1.57 bits per heavy atom. The molecular formula is C35H42N4O7. The maximum Gasteiger partial charge on any atom is 0.244 e. The Morgan fingerprint density at radius 1 is 0.870 bits per heavy atom. The molecule has 2 atom stereocenters. The van der Waals surface area contributed by atoms with Crippen LogP contribution in [0.3, 0.4) is 0 Å². The molecule has 1 fully saturated rings. The maximum atomic E-state index is 13.7. The molecule has 2 N–H and O–H groups in total. The molecule has 2 amide bonds. The number of amides is 2. The number of ether oxygens (including phenoxy) is 4. The molecule has 11 nitrogen and oxygen atoms in total. The summed E-state index contributed by atoms with van der Waals surface area (Å²) in [6, 6.07) is 13.8. The molecule has 3 aromatic rings.